The molecule has 1 aliphatic rings. The van der Waals surface area contributed by atoms with E-state index in [-0.39, 0.29) is 23.1 Å². The molecule has 0 spiro atoms. The van der Waals surface area contributed by atoms with E-state index in [1.165, 1.54) is 12.5 Å². The van der Waals surface area contributed by atoms with Gasteiger partial charge in [-0.25, -0.2) is 10.4 Å². The van der Waals surface area contributed by atoms with Gasteiger partial charge in [0, 0.05) is 18.4 Å². The highest BCUT2D eigenvalue weighted by Crippen LogP contribution is 2.26. The molecular formula is C15H14N4O4. The number of phenols is 1. The van der Waals surface area contributed by atoms with Crippen molar-refractivity contribution in [3.63, 3.8) is 0 Å². The summed E-state index contributed by atoms with van der Waals surface area (Å²) in [5, 5.41) is 16.5. The Hall–Kier alpha value is -3.16. The van der Waals surface area contributed by atoms with E-state index in [0.29, 0.717) is 29.8 Å². The van der Waals surface area contributed by atoms with Gasteiger partial charge in [0.15, 0.2) is 6.39 Å². The first-order valence-corrected chi connectivity index (χ1v) is 6.95. The summed E-state index contributed by atoms with van der Waals surface area (Å²) in [5.74, 6) is -0.648. The summed E-state index contributed by atoms with van der Waals surface area (Å²) >= 11 is 0. The second kappa shape index (κ2) is 5.91. The minimum absolute atomic E-state index is 0.0806. The maximum atomic E-state index is 12.1. The number of hydrazone groups is 1. The largest absolute Gasteiger partial charge is 0.506 e. The Balaban J connectivity index is 1.85. The quantitative estimate of drug-likeness (QED) is 0.743. The lowest BCUT2D eigenvalue weighted by Crippen LogP contribution is -2.26. The second-order valence-corrected chi connectivity index (χ2v) is 5.05. The van der Waals surface area contributed by atoms with Gasteiger partial charge in [-0.2, -0.15) is 5.10 Å². The average molecular weight is 314 g/mol. The highest BCUT2D eigenvalue weighted by Gasteiger charge is 2.18. The van der Waals surface area contributed by atoms with Crippen LogP contribution in [0.25, 0.3) is 0 Å². The number of nitrogens with zero attached hydrogens (tertiary/aromatic N) is 2. The fraction of sp³-hybridized carbons (Fsp3) is 0.200. The van der Waals surface area contributed by atoms with Crippen LogP contribution < -0.4 is 10.7 Å². The number of phenolic OH excluding ortho intramolecular Hbond substituents is 1. The van der Waals surface area contributed by atoms with Gasteiger partial charge in [-0.1, -0.05) is 0 Å². The molecule has 3 rings (SSSR count). The molecule has 3 N–H and O–H groups in total. The van der Waals surface area contributed by atoms with E-state index in [9.17, 15) is 14.7 Å². The van der Waals surface area contributed by atoms with Crippen LogP contribution in [-0.4, -0.2) is 27.6 Å². The van der Waals surface area contributed by atoms with Gasteiger partial charge >= 0.3 is 0 Å². The van der Waals surface area contributed by atoms with Crippen LogP contribution in [0.1, 0.15) is 34.7 Å². The highest BCUT2D eigenvalue weighted by molar-refractivity contribution is 6.07. The molecule has 1 aromatic heterocycles. The summed E-state index contributed by atoms with van der Waals surface area (Å²) < 4.78 is 5.02. The number of benzene rings is 1. The van der Waals surface area contributed by atoms with Gasteiger partial charge in [-0.15, -0.1) is 0 Å². The number of carbonyl (C=O) groups excluding carboxylic acids is 2. The summed E-state index contributed by atoms with van der Waals surface area (Å²) in [6.07, 6.45) is 2.02. The SMILES string of the molecule is Cc1ncoc1C(=O)Nc1cc(C2=NNC(=O)CC2)ccc1O. The third kappa shape index (κ3) is 3.05. The van der Waals surface area contributed by atoms with Crippen LogP contribution in [0.5, 0.6) is 5.75 Å². The molecule has 0 aliphatic carbocycles. The Labute approximate surface area is 131 Å². The molecule has 0 saturated carbocycles. The zero-order valence-electron chi connectivity index (χ0n) is 12.3. The first-order chi connectivity index (χ1) is 11.0. The van der Waals surface area contributed by atoms with Crippen LogP contribution in [0, 0.1) is 6.92 Å². The number of anilines is 1. The van der Waals surface area contributed by atoms with Crippen molar-refractivity contribution in [1.29, 1.82) is 0 Å². The van der Waals surface area contributed by atoms with E-state index in [1.54, 1.807) is 19.1 Å². The van der Waals surface area contributed by atoms with Gasteiger partial charge in [0.1, 0.15) is 5.75 Å². The maximum absolute atomic E-state index is 12.1. The number of aryl methyl sites for hydroxylation is 1. The van der Waals surface area contributed by atoms with Crippen molar-refractivity contribution in [2.24, 2.45) is 5.10 Å². The van der Waals surface area contributed by atoms with Crippen molar-refractivity contribution in [3.05, 3.63) is 41.6 Å². The Bertz CT molecular complexity index is 810. The summed E-state index contributed by atoms with van der Waals surface area (Å²) in [6, 6.07) is 4.72. The first-order valence-electron chi connectivity index (χ1n) is 6.95. The molecule has 0 atom stereocenters. The highest BCUT2D eigenvalue weighted by atomic mass is 16.3. The molecule has 1 aliphatic heterocycles. The Morgan fingerprint density at radius 1 is 1.39 bits per heavy atom. The third-order valence-electron chi connectivity index (χ3n) is 3.43. The van der Waals surface area contributed by atoms with Crippen molar-refractivity contribution in [3.8, 4) is 5.75 Å². The van der Waals surface area contributed by atoms with Crippen LogP contribution in [-0.2, 0) is 4.79 Å². The number of oxazole rings is 1. The topological polar surface area (TPSA) is 117 Å². The van der Waals surface area contributed by atoms with Crippen LogP contribution in [0.4, 0.5) is 5.69 Å². The van der Waals surface area contributed by atoms with Gasteiger partial charge in [0.2, 0.25) is 11.7 Å². The molecule has 0 radical (unpaired) electrons. The molecule has 1 aromatic carbocycles. The zero-order valence-corrected chi connectivity index (χ0v) is 12.3. The smallest absolute Gasteiger partial charge is 0.293 e. The Kier molecular flexibility index (Phi) is 3.80. The first kappa shape index (κ1) is 14.8. The zero-order chi connectivity index (χ0) is 16.4. The fourth-order valence-corrected chi connectivity index (χ4v) is 2.20. The van der Waals surface area contributed by atoms with Crippen molar-refractivity contribution in [2.75, 3.05) is 5.32 Å². The number of hydrogen-bond donors (Lipinski definition) is 3. The van der Waals surface area contributed by atoms with E-state index in [1.807, 2.05) is 0 Å². The molecule has 0 saturated heterocycles. The fourth-order valence-electron chi connectivity index (χ4n) is 2.20. The monoisotopic (exact) mass is 314 g/mol. The maximum Gasteiger partial charge on any atom is 0.293 e. The Morgan fingerprint density at radius 2 is 2.22 bits per heavy atom. The van der Waals surface area contributed by atoms with E-state index in [0.717, 1.165) is 0 Å². The number of nitrogens with one attached hydrogen (secondary N) is 2. The molecule has 2 heterocycles. The second-order valence-electron chi connectivity index (χ2n) is 5.05. The van der Waals surface area contributed by atoms with E-state index >= 15 is 0 Å². The van der Waals surface area contributed by atoms with E-state index < -0.39 is 5.91 Å². The Morgan fingerprint density at radius 3 is 2.87 bits per heavy atom. The molecule has 0 bridgehead atoms. The molecule has 118 valence electrons. The third-order valence-corrected chi connectivity index (χ3v) is 3.43. The minimum Gasteiger partial charge on any atom is -0.506 e. The molecule has 2 aromatic rings. The molecular weight excluding hydrogens is 300 g/mol. The van der Waals surface area contributed by atoms with Crippen molar-refractivity contribution in [2.45, 2.75) is 19.8 Å². The number of aromatic hydroxyl groups is 1. The van der Waals surface area contributed by atoms with Gasteiger partial charge < -0.3 is 14.8 Å². The standard InChI is InChI=1S/C15H14N4O4/c1-8-14(23-7-16-8)15(22)17-11-6-9(2-4-12(11)20)10-3-5-13(21)19-18-10/h2,4,6-7,20H,3,5H2,1H3,(H,17,22)(H,19,21). The van der Waals surface area contributed by atoms with Crippen LogP contribution in [0.3, 0.4) is 0 Å². The number of rotatable bonds is 3. The summed E-state index contributed by atoms with van der Waals surface area (Å²) in [4.78, 5) is 27.1. The molecule has 0 unspecified atom stereocenters. The normalized spacial score (nSPS) is 14.1. The molecule has 8 nitrogen and oxygen atoms in total. The van der Waals surface area contributed by atoms with E-state index in [2.05, 4.69) is 20.8 Å². The van der Waals surface area contributed by atoms with Gasteiger partial charge in [0.25, 0.3) is 5.91 Å². The lowest BCUT2D eigenvalue weighted by atomic mass is 10.0. The molecule has 2 amide bonds. The summed E-state index contributed by atoms with van der Waals surface area (Å²) in [6.45, 7) is 1.65. The van der Waals surface area contributed by atoms with Crippen LogP contribution in [0.2, 0.25) is 0 Å². The predicted molar refractivity (Wildman–Crippen MR) is 81.2 cm³/mol. The van der Waals surface area contributed by atoms with Crippen molar-refractivity contribution in [1.82, 2.24) is 10.4 Å². The van der Waals surface area contributed by atoms with Gasteiger partial charge in [-0.05, 0) is 25.1 Å². The molecule has 23 heavy (non-hydrogen) atoms. The number of carbonyl (C=O) groups is 2. The number of hydrogen-bond acceptors (Lipinski definition) is 6. The number of amides is 2. The molecule has 0 fully saturated rings. The van der Waals surface area contributed by atoms with E-state index in [4.69, 9.17) is 4.42 Å². The van der Waals surface area contributed by atoms with Gasteiger partial charge in [0.05, 0.1) is 17.1 Å². The average Bonchev–Trinajstić information content (AvgIpc) is 2.96. The van der Waals surface area contributed by atoms with Gasteiger partial charge in [-0.3, -0.25) is 9.59 Å². The summed E-state index contributed by atoms with van der Waals surface area (Å²) in [7, 11) is 0. The summed E-state index contributed by atoms with van der Waals surface area (Å²) in [5.41, 5.74) is 4.47. The predicted octanol–water partition coefficient (Wildman–Crippen LogP) is 1.56. The van der Waals surface area contributed by atoms with Crippen LogP contribution >= 0.6 is 0 Å². The van der Waals surface area contributed by atoms with Crippen molar-refractivity contribution < 1.29 is 19.1 Å². The van der Waals surface area contributed by atoms with Crippen molar-refractivity contribution >= 4 is 23.2 Å². The van der Waals surface area contributed by atoms with Crippen LogP contribution in [0.15, 0.2) is 34.1 Å². The lowest BCUT2D eigenvalue weighted by Gasteiger charge is -2.14. The number of aromatic nitrogens is 1. The minimum atomic E-state index is -0.508. The lowest BCUT2D eigenvalue weighted by molar-refractivity contribution is -0.121. The molecule has 8 heteroatoms.